The number of nitrogens with one attached hydrogen (secondary N) is 1. The van der Waals surface area contributed by atoms with Crippen molar-refractivity contribution in [2.75, 3.05) is 24.7 Å². The Morgan fingerprint density at radius 2 is 2.41 bits per heavy atom. The molecule has 0 unspecified atom stereocenters. The predicted octanol–water partition coefficient (Wildman–Crippen LogP) is 0.810. The van der Waals surface area contributed by atoms with Crippen LogP contribution in [-0.4, -0.2) is 52.6 Å². The number of hydrogen-bond donors (Lipinski definition) is 2. The Bertz CT molecular complexity index is 494. The second kappa shape index (κ2) is 8.60. The lowest BCUT2D eigenvalue weighted by Gasteiger charge is -2.19. The number of aromatic nitrogens is 1. The minimum atomic E-state index is -0.538. The van der Waals surface area contributed by atoms with Gasteiger partial charge in [0.2, 0.25) is 5.91 Å². The number of carbonyl (C=O) groups excluding carboxylic acids is 2. The summed E-state index contributed by atoms with van der Waals surface area (Å²) < 4.78 is 5.03. The summed E-state index contributed by atoms with van der Waals surface area (Å²) in [6, 6.07) is 2.83. The molecule has 1 fully saturated rings. The van der Waals surface area contributed by atoms with Crippen molar-refractivity contribution in [3.8, 4) is 5.75 Å². The standard InChI is InChI=1S/C14H20N4O3S/c15-12(13(19)18-7-8-22-10-18)4-2-6-17-14(20)21-11-3-1-5-16-9-11/h1,3,5,9,12H,2,4,6-8,10,15H2,(H,17,20)/t12-/m0/s1. The summed E-state index contributed by atoms with van der Waals surface area (Å²) >= 11 is 1.73. The van der Waals surface area contributed by atoms with Crippen molar-refractivity contribution in [1.29, 1.82) is 0 Å². The van der Waals surface area contributed by atoms with E-state index in [2.05, 4.69) is 10.3 Å². The molecule has 120 valence electrons. The molecule has 8 heteroatoms. The number of amides is 2. The molecular weight excluding hydrogens is 304 g/mol. The molecule has 1 atom stereocenters. The maximum atomic E-state index is 12.0. The Morgan fingerprint density at radius 3 is 3.09 bits per heavy atom. The van der Waals surface area contributed by atoms with Gasteiger partial charge in [0.05, 0.1) is 18.1 Å². The number of ether oxygens (including phenoxy) is 1. The van der Waals surface area contributed by atoms with Gasteiger partial charge in [-0.05, 0) is 25.0 Å². The lowest BCUT2D eigenvalue weighted by atomic mass is 10.1. The van der Waals surface area contributed by atoms with Gasteiger partial charge in [0.15, 0.2) is 5.75 Å². The third-order valence-corrected chi connectivity index (χ3v) is 4.15. The van der Waals surface area contributed by atoms with Gasteiger partial charge in [-0.15, -0.1) is 11.8 Å². The number of carbonyl (C=O) groups is 2. The van der Waals surface area contributed by atoms with E-state index in [1.54, 1.807) is 35.0 Å². The molecule has 3 N–H and O–H groups in total. The molecule has 2 amide bonds. The third-order valence-electron chi connectivity index (χ3n) is 3.19. The Balaban J connectivity index is 1.60. The molecule has 22 heavy (non-hydrogen) atoms. The maximum absolute atomic E-state index is 12.0. The number of pyridine rings is 1. The van der Waals surface area contributed by atoms with Crippen LogP contribution in [0.15, 0.2) is 24.5 Å². The second-order valence-electron chi connectivity index (χ2n) is 4.89. The quantitative estimate of drug-likeness (QED) is 0.752. The van der Waals surface area contributed by atoms with Crippen LogP contribution in [-0.2, 0) is 4.79 Å². The first-order chi connectivity index (χ1) is 10.7. The van der Waals surface area contributed by atoms with Crippen LogP contribution in [0, 0.1) is 0 Å². The van der Waals surface area contributed by atoms with E-state index in [1.807, 2.05) is 0 Å². The van der Waals surface area contributed by atoms with Gasteiger partial charge in [-0.2, -0.15) is 0 Å². The minimum absolute atomic E-state index is 0.0112. The summed E-state index contributed by atoms with van der Waals surface area (Å²) in [5.41, 5.74) is 5.88. The molecule has 0 aliphatic carbocycles. The Morgan fingerprint density at radius 1 is 1.55 bits per heavy atom. The molecule has 0 saturated carbocycles. The first-order valence-electron chi connectivity index (χ1n) is 7.14. The van der Waals surface area contributed by atoms with Gasteiger partial charge in [-0.3, -0.25) is 9.78 Å². The van der Waals surface area contributed by atoms with Crippen LogP contribution < -0.4 is 15.8 Å². The highest BCUT2D eigenvalue weighted by molar-refractivity contribution is 7.99. The van der Waals surface area contributed by atoms with E-state index >= 15 is 0 Å². The second-order valence-corrected chi connectivity index (χ2v) is 5.97. The molecule has 0 bridgehead atoms. The highest BCUT2D eigenvalue weighted by atomic mass is 32.2. The van der Waals surface area contributed by atoms with Crippen molar-refractivity contribution in [1.82, 2.24) is 15.2 Å². The Hall–Kier alpha value is -1.80. The average Bonchev–Trinajstić information content (AvgIpc) is 3.06. The van der Waals surface area contributed by atoms with Gasteiger partial charge in [0.1, 0.15) is 0 Å². The van der Waals surface area contributed by atoms with Gasteiger partial charge in [-0.1, -0.05) is 0 Å². The molecule has 1 aromatic heterocycles. The van der Waals surface area contributed by atoms with E-state index in [9.17, 15) is 9.59 Å². The van der Waals surface area contributed by atoms with Crippen molar-refractivity contribution in [3.63, 3.8) is 0 Å². The molecule has 2 rings (SSSR count). The molecule has 0 aromatic carbocycles. The number of rotatable bonds is 6. The molecule has 2 heterocycles. The van der Waals surface area contributed by atoms with E-state index in [-0.39, 0.29) is 5.91 Å². The lowest BCUT2D eigenvalue weighted by molar-refractivity contribution is -0.131. The Kier molecular flexibility index (Phi) is 6.47. The number of nitrogens with two attached hydrogens (primary N) is 1. The fourth-order valence-electron chi connectivity index (χ4n) is 2.01. The summed E-state index contributed by atoms with van der Waals surface area (Å²) in [4.78, 5) is 29.1. The van der Waals surface area contributed by atoms with E-state index < -0.39 is 12.1 Å². The summed E-state index contributed by atoms with van der Waals surface area (Å²) in [5, 5.41) is 2.62. The SMILES string of the molecule is N[C@@H](CCCNC(=O)Oc1cccnc1)C(=O)N1CCSC1. The molecule has 1 saturated heterocycles. The van der Waals surface area contributed by atoms with Crippen molar-refractivity contribution < 1.29 is 14.3 Å². The normalized spacial score (nSPS) is 15.4. The van der Waals surface area contributed by atoms with E-state index in [0.29, 0.717) is 25.1 Å². The average molecular weight is 324 g/mol. The number of nitrogens with zero attached hydrogens (tertiary/aromatic N) is 2. The van der Waals surface area contributed by atoms with Gasteiger partial charge < -0.3 is 20.7 Å². The van der Waals surface area contributed by atoms with Crippen LogP contribution in [0.1, 0.15) is 12.8 Å². The number of thioether (sulfide) groups is 1. The predicted molar refractivity (Wildman–Crippen MR) is 84.5 cm³/mol. The van der Waals surface area contributed by atoms with Crippen LogP contribution >= 0.6 is 11.8 Å². The van der Waals surface area contributed by atoms with Gasteiger partial charge in [-0.25, -0.2) is 4.79 Å². The summed E-state index contributed by atoms with van der Waals surface area (Å²) in [5.74, 6) is 2.07. The molecular formula is C14H20N4O3S. The highest BCUT2D eigenvalue weighted by Gasteiger charge is 2.23. The van der Waals surface area contributed by atoms with Gasteiger partial charge in [0.25, 0.3) is 0 Å². The zero-order chi connectivity index (χ0) is 15.8. The first-order valence-corrected chi connectivity index (χ1v) is 8.30. The van der Waals surface area contributed by atoms with Crippen LogP contribution in [0.2, 0.25) is 0 Å². The summed E-state index contributed by atoms with van der Waals surface area (Å²) in [6.45, 7) is 1.18. The monoisotopic (exact) mass is 324 g/mol. The van der Waals surface area contributed by atoms with Crippen molar-refractivity contribution in [2.24, 2.45) is 5.73 Å². The van der Waals surface area contributed by atoms with Crippen LogP contribution in [0.4, 0.5) is 4.79 Å². The van der Waals surface area contributed by atoms with Crippen LogP contribution in [0.25, 0.3) is 0 Å². The lowest BCUT2D eigenvalue weighted by Crippen LogP contribution is -2.42. The van der Waals surface area contributed by atoms with Crippen molar-refractivity contribution in [2.45, 2.75) is 18.9 Å². The zero-order valence-electron chi connectivity index (χ0n) is 12.2. The van der Waals surface area contributed by atoms with E-state index in [4.69, 9.17) is 10.5 Å². The fourth-order valence-corrected chi connectivity index (χ4v) is 2.96. The molecule has 0 radical (unpaired) electrons. The van der Waals surface area contributed by atoms with Crippen molar-refractivity contribution >= 4 is 23.8 Å². The molecule has 7 nitrogen and oxygen atoms in total. The molecule has 1 aliphatic heterocycles. The third kappa shape index (κ3) is 5.19. The Labute approximate surface area is 133 Å². The first kappa shape index (κ1) is 16.6. The highest BCUT2D eigenvalue weighted by Crippen LogP contribution is 2.14. The maximum Gasteiger partial charge on any atom is 0.412 e. The van der Waals surface area contributed by atoms with Gasteiger partial charge >= 0.3 is 6.09 Å². The molecule has 0 spiro atoms. The largest absolute Gasteiger partial charge is 0.412 e. The molecule has 1 aromatic rings. The van der Waals surface area contributed by atoms with Crippen molar-refractivity contribution in [3.05, 3.63) is 24.5 Å². The molecule has 1 aliphatic rings. The number of hydrogen-bond acceptors (Lipinski definition) is 6. The topological polar surface area (TPSA) is 97.5 Å². The minimum Gasteiger partial charge on any atom is -0.409 e. The van der Waals surface area contributed by atoms with E-state index in [0.717, 1.165) is 18.2 Å². The van der Waals surface area contributed by atoms with Gasteiger partial charge in [0, 0.05) is 25.0 Å². The van der Waals surface area contributed by atoms with Crippen LogP contribution in [0.3, 0.4) is 0 Å². The fraction of sp³-hybridized carbons (Fsp3) is 0.500. The van der Waals surface area contributed by atoms with Crippen LogP contribution in [0.5, 0.6) is 5.75 Å². The summed E-state index contributed by atoms with van der Waals surface area (Å²) in [7, 11) is 0. The summed E-state index contributed by atoms with van der Waals surface area (Å²) in [6.07, 6.45) is 3.68. The zero-order valence-corrected chi connectivity index (χ0v) is 13.1. The van der Waals surface area contributed by atoms with E-state index in [1.165, 1.54) is 6.20 Å². The smallest absolute Gasteiger partial charge is 0.409 e.